The van der Waals surface area contributed by atoms with Gasteiger partial charge in [-0.2, -0.15) is 0 Å². The van der Waals surface area contributed by atoms with Crippen LogP contribution in [-0.2, 0) is 4.79 Å². The van der Waals surface area contributed by atoms with E-state index in [-0.39, 0.29) is 11.2 Å². The summed E-state index contributed by atoms with van der Waals surface area (Å²) in [4.78, 5) is 11.7. The maximum atomic E-state index is 11.7. The topological polar surface area (TPSA) is 37.3 Å². The molecule has 0 radical (unpaired) electrons. The predicted molar refractivity (Wildman–Crippen MR) is 68.6 cm³/mol. The molecule has 0 heterocycles. The predicted octanol–water partition coefficient (Wildman–Crippen LogP) is 3.10. The largest absolute Gasteiger partial charge is 0.390 e. The second kappa shape index (κ2) is 3.94. The molecule has 0 aromatic carbocycles. The Kier molecular flexibility index (Phi) is 2.97. The van der Waals surface area contributed by atoms with Crippen molar-refractivity contribution in [2.24, 2.45) is 17.3 Å². The molecule has 2 aliphatic carbocycles. The third-order valence-corrected chi connectivity index (χ3v) is 4.94. The minimum atomic E-state index is -0.594. The van der Waals surface area contributed by atoms with Gasteiger partial charge in [0.1, 0.15) is 0 Å². The van der Waals surface area contributed by atoms with Crippen molar-refractivity contribution in [2.45, 2.75) is 59.0 Å². The first-order valence-corrected chi connectivity index (χ1v) is 6.66. The first-order valence-electron chi connectivity index (χ1n) is 6.66. The van der Waals surface area contributed by atoms with Crippen LogP contribution in [0.3, 0.4) is 0 Å². The molecule has 96 valence electrons. The highest BCUT2D eigenvalue weighted by Crippen LogP contribution is 2.52. The van der Waals surface area contributed by atoms with Crippen molar-refractivity contribution in [3.8, 4) is 0 Å². The molecular weight excluding hydrogens is 212 g/mol. The summed E-state index contributed by atoms with van der Waals surface area (Å²) in [6.07, 6.45) is 5.63. The van der Waals surface area contributed by atoms with E-state index in [4.69, 9.17) is 0 Å². The van der Waals surface area contributed by atoms with E-state index in [0.717, 1.165) is 19.3 Å². The Hall–Kier alpha value is -0.630. The molecule has 0 saturated heterocycles. The molecule has 0 aromatic rings. The summed E-state index contributed by atoms with van der Waals surface area (Å²) in [5, 5.41) is 10.2. The molecule has 0 amide bonds. The molecule has 0 spiro atoms. The quantitative estimate of drug-likeness (QED) is 0.759. The Labute approximate surface area is 104 Å². The molecule has 1 saturated carbocycles. The summed E-state index contributed by atoms with van der Waals surface area (Å²) in [6, 6.07) is 0. The van der Waals surface area contributed by atoms with Crippen LogP contribution >= 0.6 is 0 Å². The van der Waals surface area contributed by atoms with Crippen molar-refractivity contribution in [1.82, 2.24) is 0 Å². The number of allylic oxidation sites excluding steroid dienone is 2. The highest BCUT2D eigenvalue weighted by Gasteiger charge is 2.46. The van der Waals surface area contributed by atoms with E-state index in [9.17, 15) is 9.90 Å². The van der Waals surface area contributed by atoms with E-state index in [2.05, 4.69) is 13.8 Å². The summed E-state index contributed by atoms with van der Waals surface area (Å²) >= 11 is 0. The second-order valence-corrected chi connectivity index (χ2v) is 6.86. The van der Waals surface area contributed by atoms with Crippen LogP contribution in [0.1, 0.15) is 53.4 Å². The summed E-state index contributed by atoms with van der Waals surface area (Å²) in [5.74, 6) is 1.12. The number of hydrogen-bond acceptors (Lipinski definition) is 2. The van der Waals surface area contributed by atoms with Gasteiger partial charge in [-0.15, -0.1) is 0 Å². The highest BCUT2D eigenvalue weighted by molar-refractivity contribution is 5.92. The first kappa shape index (κ1) is 12.8. The van der Waals surface area contributed by atoms with Gasteiger partial charge in [-0.25, -0.2) is 0 Å². The number of hydrogen-bond donors (Lipinski definition) is 1. The fraction of sp³-hybridized carbons (Fsp3) is 0.800. The normalized spacial score (nSPS) is 38.6. The molecule has 2 nitrogen and oxygen atoms in total. The van der Waals surface area contributed by atoms with Crippen molar-refractivity contribution in [2.75, 3.05) is 0 Å². The van der Waals surface area contributed by atoms with Crippen LogP contribution in [0.15, 0.2) is 11.6 Å². The van der Waals surface area contributed by atoms with Crippen molar-refractivity contribution in [3.05, 3.63) is 11.6 Å². The van der Waals surface area contributed by atoms with E-state index >= 15 is 0 Å². The molecule has 0 aliphatic heterocycles. The molecule has 2 rings (SSSR count). The average Bonchev–Trinajstić information content (AvgIpc) is 2.13. The van der Waals surface area contributed by atoms with Crippen LogP contribution in [0.25, 0.3) is 0 Å². The zero-order chi connectivity index (χ0) is 12.8. The Bertz CT molecular complexity index is 362. The van der Waals surface area contributed by atoms with Gasteiger partial charge in [0.25, 0.3) is 0 Å². The number of ketones is 1. The van der Waals surface area contributed by atoms with Crippen LogP contribution in [-0.4, -0.2) is 16.5 Å². The van der Waals surface area contributed by atoms with Crippen LogP contribution in [0.4, 0.5) is 0 Å². The minimum absolute atomic E-state index is 0.137. The molecule has 0 aromatic heterocycles. The highest BCUT2D eigenvalue weighted by atomic mass is 16.3. The van der Waals surface area contributed by atoms with Gasteiger partial charge in [-0.1, -0.05) is 12.5 Å². The van der Waals surface area contributed by atoms with Crippen molar-refractivity contribution in [1.29, 1.82) is 0 Å². The smallest absolute Gasteiger partial charge is 0.156 e. The van der Waals surface area contributed by atoms with Crippen LogP contribution in [0.2, 0.25) is 0 Å². The van der Waals surface area contributed by atoms with Gasteiger partial charge in [0, 0.05) is 6.42 Å². The van der Waals surface area contributed by atoms with E-state index in [0.29, 0.717) is 18.3 Å². The number of fused-ring (bicyclic) bond motifs is 1. The van der Waals surface area contributed by atoms with E-state index < -0.39 is 5.60 Å². The van der Waals surface area contributed by atoms with Gasteiger partial charge < -0.3 is 5.11 Å². The molecule has 0 unspecified atom stereocenters. The summed E-state index contributed by atoms with van der Waals surface area (Å²) in [5.41, 5.74) is 0.762. The average molecular weight is 236 g/mol. The third kappa shape index (κ3) is 2.33. The lowest BCUT2D eigenvalue weighted by atomic mass is 9.56. The van der Waals surface area contributed by atoms with Gasteiger partial charge in [0.15, 0.2) is 5.78 Å². The summed E-state index contributed by atoms with van der Waals surface area (Å²) < 4.78 is 0. The number of aliphatic hydroxyl groups is 1. The van der Waals surface area contributed by atoms with Crippen molar-refractivity contribution >= 4 is 5.78 Å². The molecule has 17 heavy (non-hydrogen) atoms. The zero-order valence-electron chi connectivity index (χ0n) is 11.4. The Balaban J connectivity index is 2.24. The van der Waals surface area contributed by atoms with E-state index in [1.807, 2.05) is 19.9 Å². The molecule has 2 heteroatoms. The van der Waals surface area contributed by atoms with Crippen LogP contribution < -0.4 is 0 Å². The lowest BCUT2D eigenvalue weighted by molar-refractivity contribution is -0.120. The summed E-state index contributed by atoms with van der Waals surface area (Å²) in [6.45, 7) is 8.14. The molecule has 1 fully saturated rings. The summed E-state index contributed by atoms with van der Waals surface area (Å²) in [7, 11) is 0. The zero-order valence-corrected chi connectivity index (χ0v) is 11.4. The Morgan fingerprint density at radius 1 is 1.47 bits per heavy atom. The maximum Gasteiger partial charge on any atom is 0.156 e. The lowest BCUT2D eigenvalue weighted by Gasteiger charge is -2.49. The van der Waals surface area contributed by atoms with Crippen LogP contribution in [0.5, 0.6) is 0 Å². The Morgan fingerprint density at radius 3 is 2.71 bits per heavy atom. The monoisotopic (exact) mass is 236 g/mol. The second-order valence-electron chi connectivity index (χ2n) is 6.86. The molecule has 3 atom stereocenters. The molecule has 0 bridgehead atoms. The number of rotatable bonds is 1. The first-order chi connectivity index (χ1) is 7.72. The standard InChI is InChI=1S/C15H24O2/c1-10-7-12(16)9-15(4)6-5-11(8-13(10)15)14(2,3)17/h7,11,13,17H,5-6,8-9H2,1-4H3/t11-,13+,15+/m0/s1. The number of carbonyl (C=O) groups excluding carboxylic acids is 1. The molecule has 1 N–H and O–H groups in total. The van der Waals surface area contributed by atoms with Gasteiger partial charge >= 0.3 is 0 Å². The molecule has 2 aliphatic rings. The van der Waals surface area contributed by atoms with Gasteiger partial charge in [-0.3, -0.25) is 4.79 Å². The molecular formula is C15H24O2. The minimum Gasteiger partial charge on any atom is -0.390 e. The number of carbonyl (C=O) groups is 1. The van der Waals surface area contributed by atoms with Gasteiger partial charge in [0.05, 0.1) is 5.60 Å². The van der Waals surface area contributed by atoms with Gasteiger partial charge in [-0.05, 0) is 63.4 Å². The van der Waals surface area contributed by atoms with Crippen LogP contribution in [0, 0.1) is 17.3 Å². The van der Waals surface area contributed by atoms with Crippen molar-refractivity contribution < 1.29 is 9.90 Å². The van der Waals surface area contributed by atoms with Gasteiger partial charge in [0.2, 0.25) is 0 Å². The third-order valence-electron chi connectivity index (χ3n) is 4.94. The van der Waals surface area contributed by atoms with Crippen molar-refractivity contribution in [3.63, 3.8) is 0 Å². The maximum absolute atomic E-state index is 11.7. The SMILES string of the molecule is CC1=CC(=O)C[C@@]2(C)CC[C@H](C(C)(C)O)C[C@H]12. The fourth-order valence-corrected chi connectivity index (χ4v) is 3.76. The van der Waals surface area contributed by atoms with E-state index in [1.165, 1.54) is 5.57 Å². The lowest BCUT2D eigenvalue weighted by Crippen LogP contribution is -2.44. The Morgan fingerprint density at radius 2 is 2.12 bits per heavy atom. The van der Waals surface area contributed by atoms with E-state index in [1.54, 1.807) is 0 Å². The fourth-order valence-electron chi connectivity index (χ4n) is 3.76.